The van der Waals surface area contributed by atoms with Crippen LogP contribution in [0.25, 0.3) is 0 Å². The maximum absolute atomic E-state index is 14.2. The van der Waals surface area contributed by atoms with Crippen LogP contribution in [0, 0.1) is 29.8 Å². The average molecular weight is 356 g/mol. The van der Waals surface area contributed by atoms with Crippen molar-refractivity contribution in [3.8, 4) is 0 Å². The molecule has 5 nitrogen and oxygen atoms in total. The molecule has 4 N–H and O–H groups in total. The van der Waals surface area contributed by atoms with Crippen molar-refractivity contribution in [2.75, 3.05) is 19.6 Å². The molecule has 2 rings (SSSR count). The lowest BCUT2D eigenvalue weighted by molar-refractivity contribution is -0.132. The summed E-state index contributed by atoms with van der Waals surface area (Å²) in [6.07, 6.45) is 3.55. The number of halogens is 3. The van der Waals surface area contributed by atoms with Gasteiger partial charge in [0.1, 0.15) is 11.4 Å². The number of carbonyl (C=O) groups is 2. The van der Waals surface area contributed by atoms with E-state index >= 15 is 0 Å². The molecule has 0 aliphatic carbocycles. The summed E-state index contributed by atoms with van der Waals surface area (Å²) in [6.45, 7) is 1.46. The lowest BCUT2D eigenvalue weighted by Gasteiger charge is -2.32. The lowest BCUT2D eigenvalue weighted by atomic mass is 9.90. The van der Waals surface area contributed by atoms with Gasteiger partial charge in [-0.05, 0) is 43.2 Å². The smallest absolute Gasteiger partial charge is 0.254 e. The van der Waals surface area contributed by atoms with E-state index in [1.54, 1.807) is 11.3 Å². The zero-order chi connectivity index (χ0) is 18.6. The number of likely N-dealkylation sites (tertiary alicyclic amines) is 1. The normalized spacial score (nSPS) is 15.4. The molecule has 2 amide bonds. The number of primary amides is 1. The van der Waals surface area contributed by atoms with E-state index in [0.29, 0.717) is 38.9 Å². The molecule has 0 saturated carbocycles. The molecule has 25 heavy (non-hydrogen) atoms. The highest BCUT2D eigenvalue weighted by molar-refractivity contribution is 5.93. The fraction of sp³-hybridized carbons (Fsp3) is 0.471. The Morgan fingerprint density at radius 3 is 2.40 bits per heavy atom. The van der Waals surface area contributed by atoms with E-state index in [4.69, 9.17) is 11.5 Å². The van der Waals surface area contributed by atoms with Crippen LogP contribution in [-0.2, 0) is 11.2 Å². The summed E-state index contributed by atoms with van der Waals surface area (Å²) in [7, 11) is 0. The highest BCUT2D eigenvalue weighted by Gasteiger charge is 2.25. The van der Waals surface area contributed by atoms with Crippen LogP contribution in [-0.4, -0.2) is 36.3 Å². The number of benzene rings is 1. The number of piperidine rings is 1. The van der Waals surface area contributed by atoms with Gasteiger partial charge in [0.2, 0.25) is 5.91 Å². The Morgan fingerprint density at radius 2 is 1.84 bits per heavy atom. The van der Waals surface area contributed by atoms with Crippen LogP contribution < -0.4 is 11.5 Å². The molecule has 1 aliphatic rings. The van der Waals surface area contributed by atoms with Crippen LogP contribution in [0.15, 0.2) is 6.07 Å². The fourth-order valence-electron chi connectivity index (χ4n) is 2.98. The van der Waals surface area contributed by atoms with Crippen molar-refractivity contribution < 1.29 is 22.8 Å². The van der Waals surface area contributed by atoms with E-state index in [1.165, 1.54) is 0 Å². The first-order valence-electron chi connectivity index (χ1n) is 8.12. The minimum Gasteiger partial charge on any atom is -0.365 e. The monoisotopic (exact) mass is 356 g/mol. The summed E-state index contributed by atoms with van der Waals surface area (Å²) >= 11 is 0. The fourth-order valence-corrected chi connectivity index (χ4v) is 2.98. The predicted octanol–water partition coefficient (Wildman–Crippen LogP) is 1.54. The molecule has 0 unspecified atom stereocenters. The molecule has 0 spiro atoms. The lowest BCUT2D eigenvalue weighted by Crippen LogP contribution is -2.39. The van der Waals surface area contributed by atoms with Crippen molar-refractivity contribution in [1.29, 1.82) is 0 Å². The number of carbonyl (C=O) groups excluding carboxylic acids is 2. The first-order valence-corrected chi connectivity index (χ1v) is 8.12. The van der Waals surface area contributed by atoms with Crippen molar-refractivity contribution >= 4 is 11.8 Å². The number of nitrogens with two attached hydrogens (primary N) is 2. The molecule has 137 valence electrons. The van der Waals surface area contributed by atoms with Crippen LogP contribution in [0.3, 0.4) is 0 Å². The van der Waals surface area contributed by atoms with Crippen LogP contribution >= 0.6 is 0 Å². The van der Waals surface area contributed by atoms with E-state index in [1.807, 2.05) is 0 Å². The van der Waals surface area contributed by atoms with Crippen molar-refractivity contribution in [3.05, 3.63) is 41.1 Å². The Labute approximate surface area is 144 Å². The van der Waals surface area contributed by atoms with Gasteiger partial charge in [-0.1, -0.05) is 0 Å². The summed E-state index contributed by atoms with van der Waals surface area (Å²) in [5.74, 6) is -5.22. The molecule has 1 aliphatic heterocycles. The van der Waals surface area contributed by atoms with Gasteiger partial charge < -0.3 is 16.4 Å². The second kappa shape index (κ2) is 8.33. The standard InChI is InChI=1S/C17H21F3N3O2/c18-12-9-11(15(19)14(16(12)20)17(22)25)2-1-10-4-7-23(8-5-10)13(24)3-6-21/h1,9-10H,2-8,21H2,(H2,22,25). The molecule has 1 radical (unpaired) electrons. The third kappa shape index (κ3) is 4.50. The van der Waals surface area contributed by atoms with E-state index in [9.17, 15) is 22.8 Å². The first kappa shape index (κ1) is 19.2. The van der Waals surface area contributed by atoms with Crippen LogP contribution in [0.1, 0.15) is 35.2 Å². The molecule has 1 heterocycles. The summed E-state index contributed by atoms with van der Waals surface area (Å²) < 4.78 is 41.2. The Morgan fingerprint density at radius 1 is 1.20 bits per heavy atom. The van der Waals surface area contributed by atoms with E-state index < -0.39 is 28.9 Å². The predicted molar refractivity (Wildman–Crippen MR) is 85.8 cm³/mol. The summed E-state index contributed by atoms with van der Waals surface area (Å²) in [6, 6.07) is 0.744. The molecular formula is C17H21F3N3O2. The van der Waals surface area contributed by atoms with Crippen molar-refractivity contribution in [2.45, 2.75) is 25.7 Å². The van der Waals surface area contributed by atoms with Gasteiger partial charge in [-0.3, -0.25) is 9.59 Å². The molecule has 1 saturated heterocycles. The van der Waals surface area contributed by atoms with Gasteiger partial charge in [0.25, 0.3) is 5.91 Å². The zero-order valence-corrected chi connectivity index (χ0v) is 13.7. The highest BCUT2D eigenvalue weighted by atomic mass is 19.2. The minimum atomic E-state index is -1.57. The Kier molecular flexibility index (Phi) is 6.41. The van der Waals surface area contributed by atoms with E-state index in [-0.39, 0.29) is 23.8 Å². The molecule has 0 atom stereocenters. The number of hydrogen-bond donors (Lipinski definition) is 2. The van der Waals surface area contributed by atoms with Crippen molar-refractivity contribution in [2.24, 2.45) is 17.4 Å². The van der Waals surface area contributed by atoms with Crippen molar-refractivity contribution in [1.82, 2.24) is 4.90 Å². The van der Waals surface area contributed by atoms with Gasteiger partial charge in [-0.15, -0.1) is 0 Å². The SMILES string of the molecule is NCCC(=O)N1CCC([CH]Cc2cc(F)c(F)c(C(N)=O)c2F)CC1. The van der Waals surface area contributed by atoms with Crippen LogP contribution in [0.5, 0.6) is 0 Å². The third-order valence-electron chi connectivity index (χ3n) is 4.40. The van der Waals surface area contributed by atoms with Gasteiger partial charge >= 0.3 is 0 Å². The Hall–Kier alpha value is -2.09. The molecule has 0 bridgehead atoms. The average Bonchev–Trinajstić information content (AvgIpc) is 2.57. The number of hydrogen-bond acceptors (Lipinski definition) is 3. The van der Waals surface area contributed by atoms with Crippen LogP contribution in [0.2, 0.25) is 0 Å². The molecule has 8 heteroatoms. The maximum atomic E-state index is 14.2. The number of amides is 2. The minimum absolute atomic E-state index is 0.0127. The number of rotatable bonds is 6. The number of nitrogens with zero attached hydrogens (tertiary/aromatic N) is 1. The Balaban J connectivity index is 1.97. The van der Waals surface area contributed by atoms with Gasteiger partial charge in [0.05, 0.1) is 0 Å². The summed E-state index contributed by atoms with van der Waals surface area (Å²) in [5, 5.41) is 0. The van der Waals surface area contributed by atoms with Gasteiger partial charge in [0.15, 0.2) is 11.6 Å². The molecule has 1 fully saturated rings. The van der Waals surface area contributed by atoms with Gasteiger partial charge in [0, 0.05) is 26.1 Å². The van der Waals surface area contributed by atoms with Crippen LogP contribution in [0.4, 0.5) is 13.2 Å². The second-order valence-electron chi connectivity index (χ2n) is 6.08. The topological polar surface area (TPSA) is 89.4 Å². The first-order chi connectivity index (χ1) is 11.8. The third-order valence-corrected chi connectivity index (χ3v) is 4.40. The zero-order valence-electron chi connectivity index (χ0n) is 13.7. The highest BCUT2D eigenvalue weighted by Crippen LogP contribution is 2.25. The summed E-state index contributed by atoms with van der Waals surface area (Å²) in [4.78, 5) is 24.6. The quantitative estimate of drug-likeness (QED) is 0.758. The van der Waals surface area contributed by atoms with E-state index in [2.05, 4.69) is 0 Å². The van der Waals surface area contributed by atoms with Gasteiger partial charge in [-0.25, -0.2) is 13.2 Å². The molecule has 0 aromatic heterocycles. The Bertz CT molecular complexity index is 659. The second-order valence-corrected chi connectivity index (χ2v) is 6.08. The molecule has 1 aromatic rings. The van der Waals surface area contributed by atoms with E-state index in [0.717, 1.165) is 6.07 Å². The molecular weight excluding hydrogens is 335 g/mol. The van der Waals surface area contributed by atoms with Crippen molar-refractivity contribution in [3.63, 3.8) is 0 Å². The summed E-state index contributed by atoms with van der Waals surface area (Å²) in [5.41, 5.74) is 9.12. The maximum Gasteiger partial charge on any atom is 0.254 e. The molecule has 1 aromatic carbocycles. The van der Waals surface area contributed by atoms with Gasteiger partial charge in [-0.2, -0.15) is 0 Å². The largest absolute Gasteiger partial charge is 0.365 e.